The molecule has 0 atom stereocenters. The standard InChI is InChI=1S/C17H25N3O/c1-19(2)17(7-4-8-17)12-20(3)16(21)13-5-6-14-10-18-11-15(14)9-13/h5-6,9,18H,4,7-8,10-12H2,1-3H3. The van der Waals surface area contributed by atoms with Crippen molar-refractivity contribution >= 4 is 5.91 Å². The van der Waals surface area contributed by atoms with Crippen LogP contribution in [-0.2, 0) is 13.1 Å². The summed E-state index contributed by atoms with van der Waals surface area (Å²) in [6.45, 7) is 2.61. The second-order valence-electron chi connectivity index (χ2n) is 6.72. The van der Waals surface area contributed by atoms with Gasteiger partial charge in [0.15, 0.2) is 0 Å². The fraction of sp³-hybridized carbons (Fsp3) is 0.588. The summed E-state index contributed by atoms with van der Waals surface area (Å²) in [7, 11) is 6.18. The van der Waals surface area contributed by atoms with E-state index in [1.807, 2.05) is 18.0 Å². The minimum atomic E-state index is 0.137. The van der Waals surface area contributed by atoms with E-state index in [1.54, 1.807) is 0 Å². The van der Waals surface area contributed by atoms with Gasteiger partial charge >= 0.3 is 0 Å². The number of rotatable bonds is 4. The first-order chi connectivity index (χ1) is 10.0. The smallest absolute Gasteiger partial charge is 0.253 e. The topological polar surface area (TPSA) is 35.6 Å². The molecule has 114 valence electrons. The number of fused-ring (bicyclic) bond motifs is 1. The highest BCUT2D eigenvalue weighted by Gasteiger charge is 2.40. The Morgan fingerprint density at radius 3 is 2.52 bits per heavy atom. The van der Waals surface area contributed by atoms with Gasteiger partial charge < -0.3 is 15.1 Å². The maximum absolute atomic E-state index is 12.7. The lowest BCUT2D eigenvalue weighted by atomic mass is 9.75. The Hall–Kier alpha value is -1.39. The molecule has 21 heavy (non-hydrogen) atoms. The third-order valence-corrected chi connectivity index (χ3v) is 5.20. The van der Waals surface area contributed by atoms with Crippen LogP contribution in [-0.4, -0.2) is 48.9 Å². The van der Waals surface area contributed by atoms with Crippen LogP contribution < -0.4 is 5.32 Å². The summed E-state index contributed by atoms with van der Waals surface area (Å²) in [6, 6.07) is 6.10. The van der Waals surface area contributed by atoms with Crippen LogP contribution in [0.3, 0.4) is 0 Å². The third-order valence-electron chi connectivity index (χ3n) is 5.20. The molecule has 0 unspecified atom stereocenters. The molecule has 1 heterocycles. The third kappa shape index (κ3) is 2.58. The molecule has 0 radical (unpaired) electrons. The summed E-state index contributed by atoms with van der Waals surface area (Å²) >= 11 is 0. The molecule has 1 aromatic rings. The van der Waals surface area contributed by atoms with Gasteiger partial charge in [-0.15, -0.1) is 0 Å². The van der Waals surface area contributed by atoms with Gasteiger partial charge in [0.2, 0.25) is 0 Å². The number of carbonyl (C=O) groups is 1. The Morgan fingerprint density at radius 1 is 1.19 bits per heavy atom. The van der Waals surface area contributed by atoms with Crippen molar-refractivity contribution in [3.8, 4) is 0 Å². The highest BCUT2D eigenvalue weighted by atomic mass is 16.2. The summed E-state index contributed by atoms with van der Waals surface area (Å²) in [4.78, 5) is 16.8. The van der Waals surface area contributed by atoms with Crippen LogP contribution in [0, 0.1) is 0 Å². The van der Waals surface area contributed by atoms with Gasteiger partial charge in [0.05, 0.1) is 0 Å². The van der Waals surface area contributed by atoms with E-state index in [2.05, 4.69) is 36.4 Å². The first kappa shape index (κ1) is 14.5. The van der Waals surface area contributed by atoms with Crippen LogP contribution >= 0.6 is 0 Å². The van der Waals surface area contributed by atoms with E-state index >= 15 is 0 Å². The molecule has 1 saturated carbocycles. The van der Waals surface area contributed by atoms with Crippen molar-refractivity contribution in [2.75, 3.05) is 27.7 Å². The molecule has 2 aliphatic rings. The first-order valence-electron chi connectivity index (χ1n) is 7.77. The molecule has 1 N–H and O–H groups in total. The van der Waals surface area contributed by atoms with Gasteiger partial charge in [-0.05, 0) is 56.6 Å². The average molecular weight is 287 g/mol. The normalized spacial score (nSPS) is 19.2. The van der Waals surface area contributed by atoms with Crippen molar-refractivity contribution < 1.29 is 4.79 Å². The zero-order valence-corrected chi connectivity index (χ0v) is 13.3. The number of benzene rings is 1. The number of nitrogens with zero attached hydrogens (tertiary/aromatic N) is 2. The molecule has 1 aliphatic heterocycles. The van der Waals surface area contributed by atoms with Gasteiger partial charge in [0.25, 0.3) is 5.91 Å². The van der Waals surface area contributed by atoms with Gasteiger partial charge in [0, 0.05) is 37.8 Å². The largest absolute Gasteiger partial charge is 0.340 e. The zero-order valence-electron chi connectivity index (χ0n) is 13.3. The van der Waals surface area contributed by atoms with E-state index in [9.17, 15) is 4.79 Å². The second kappa shape index (κ2) is 5.43. The molecule has 1 aliphatic carbocycles. The fourth-order valence-electron chi connectivity index (χ4n) is 3.49. The molecule has 0 spiro atoms. The van der Waals surface area contributed by atoms with E-state index < -0.39 is 0 Å². The SMILES string of the molecule is CN(CC1(N(C)C)CCC1)C(=O)c1ccc2c(c1)CNC2. The van der Waals surface area contributed by atoms with E-state index in [-0.39, 0.29) is 11.4 Å². The Morgan fingerprint density at radius 2 is 1.90 bits per heavy atom. The summed E-state index contributed by atoms with van der Waals surface area (Å²) in [6.07, 6.45) is 3.64. The molecular formula is C17H25N3O. The molecule has 4 nitrogen and oxygen atoms in total. The lowest BCUT2D eigenvalue weighted by Crippen LogP contribution is -2.57. The minimum absolute atomic E-state index is 0.137. The van der Waals surface area contributed by atoms with Gasteiger partial charge in [0.1, 0.15) is 0 Å². The number of likely N-dealkylation sites (N-methyl/N-ethyl adjacent to an activating group) is 2. The predicted molar refractivity (Wildman–Crippen MR) is 84.2 cm³/mol. The summed E-state index contributed by atoms with van der Waals surface area (Å²) < 4.78 is 0. The lowest BCUT2D eigenvalue weighted by molar-refractivity contribution is 0.0252. The number of amides is 1. The van der Waals surface area contributed by atoms with Crippen molar-refractivity contribution in [3.05, 3.63) is 34.9 Å². The zero-order chi connectivity index (χ0) is 15.0. The van der Waals surface area contributed by atoms with Crippen LogP contribution in [0.25, 0.3) is 0 Å². The summed E-state index contributed by atoms with van der Waals surface area (Å²) in [5.41, 5.74) is 3.58. The van der Waals surface area contributed by atoms with Crippen molar-refractivity contribution in [1.82, 2.24) is 15.1 Å². The van der Waals surface area contributed by atoms with Crippen molar-refractivity contribution in [3.63, 3.8) is 0 Å². The predicted octanol–water partition coefficient (Wildman–Crippen LogP) is 1.85. The van der Waals surface area contributed by atoms with Gasteiger partial charge in [-0.25, -0.2) is 0 Å². The monoisotopic (exact) mass is 287 g/mol. The molecule has 0 aromatic heterocycles. The molecular weight excluding hydrogens is 262 g/mol. The molecule has 1 fully saturated rings. The molecule has 0 saturated heterocycles. The van der Waals surface area contributed by atoms with Crippen LogP contribution in [0.4, 0.5) is 0 Å². The van der Waals surface area contributed by atoms with E-state index in [1.165, 1.54) is 30.4 Å². The van der Waals surface area contributed by atoms with Crippen molar-refractivity contribution in [1.29, 1.82) is 0 Å². The maximum atomic E-state index is 12.7. The summed E-state index contributed by atoms with van der Waals surface area (Å²) in [5.74, 6) is 0.137. The van der Waals surface area contributed by atoms with Gasteiger partial charge in [-0.1, -0.05) is 6.07 Å². The number of nitrogens with one attached hydrogen (secondary N) is 1. The van der Waals surface area contributed by atoms with Crippen molar-refractivity contribution in [2.45, 2.75) is 37.9 Å². The number of carbonyl (C=O) groups excluding carboxylic acids is 1. The number of hydrogen-bond donors (Lipinski definition) is 1. The molecule has 3 rings (SSSR count). The van der Waals surface area contributed by atoms with Crippen molar-refractivity contribution in [2.24, 2.45) is 0 Å². The van der Waals surface area contributed by atoms with Crippen LogP contribution in [0.1, 0.15) is 40.7 Å². The second-order valence-corrected chi connectivity index (χ2v) is 6.72. The molecule has 1 aromatic carbocycles. The Bertz CT molecular complexity index is 549. The Balaban J connectivity index is 1.72. The van der Waals surface area contributed by atoms with Crippen LogP contribution in [0.15, 0.2) is 18.2 Å². The molecule has 4 heteroatoms. The van der Waals surface area contributed by atoms with E-state index in [0.29, 0.717) is 0 Å². The summed E-state index contributed by atoms with van der Waals surface area (Å²) in [5, 5.41) is 3.32. The van der Waals surface area contributed by atoms with Gasteiger partial charge in [-0.2, -0.15) is 0 Å². The fourth-order valence-corrected chi connectivity index (χ4v) is 3.49. The highest BCUT2D eigenvalue weighted by Crippen LogP contribution is 2.36. The molecule has 1 amide bonds. The lowest BCUT2D eigenvalue weighted by Gasteiger charge is -2.49. The van der Waals surface area contributed by atoms with E-state index in [0.717, 1.165) is 25.2 Å². The van der Waals surface area contributed by atoms with Crippen LogP contribution in [0.2, 0.25) is 0 Å². The molecule has 0 bridgehead atoms. The van der Waals surface area contributed by atoms with Gasteiger partial charge in [-0.3, -0.25) is 4.79 Å². The van der Waals surface area contributed by atoms with E-state index in [4.69, 9.17) is 0 Å². The first-order valence-corrected chi connectivity index (χ1v) is 7.77. The quantitative estimate of drug-likeness (QED) is 0.918. The highest BCUT2D eigenvalue weighted by molar-refractivity contribution is 5.94. The maximum Gasteiger partial charge on any atom is 0.253 e. The number of hydrogen-bond acceptors (Lipinski definition) is 3. The Kier molecular flexibility index (Phi) is 3.76. The average Bonchev–Trinajstić information content (AvgIpc) is 2.88. The Labute approximate surface area is 127 Å². The van der Waals surface area contributed by atoms with Crippen LogP contribution in [0.5, 0.6) is 0 Å². The minimum Gasteiger partial charge on any atom is -0.340 e.